The second-order valence-electron chi connectivity index (χ2n) is 2.47. The van der Waals surface area contributed by atoms with Crippen molar-refractivity contribution < 1.29 is 9.50 Å². The topological polar surface area (TPSA) is 38.0 Å². The van der Waals surface area contributed by atoms with Gasteiger partial charge in [-0.15, -0.1) is 11.8 Å². The molecular weight excluding hydrogens is 179 g/mol. The molecule has 1 aromatic rings. The van der Waals surface area contributed by atoms with Crippen LogP contribution in [0.15, 0.2) is 17.3 Å². The number of nitrogens with zero attached hydrogens (tertiary/aromatic N) is 2. The van der Waals surface area contributed by atoms with Crippen molar-refractivity contribution in [3.05, 3.63) is 12.4 Å². The van der Waals surface area contributed by atoms with Crippen molar-refractivity contribution in [1.29, 1.82) is 0 Å². The molecule has 0 aliphatic heterocycles. The van der Waals surface area contributed by atoms with Crippen molar-refractivity contribution in [3.8, 4) is 0 Å². The van der Waals surface area contributed by atoms with E-state index in [1.165, 1.54) is 11.8 Å². The summed E-state index contributed by atoms with van der Waals surface area (Å²) in [5, 5.41) is 12.8. The lowest BCUT2D eigenvalue weighted by Crippen LogP contribution is -2.11. The molecule has 0 spiro atoms. The third-order valence-corrected chi connectivity index (χ3v) is 2.40. The van der Waals surface area contributed by atoms with E-state index < -0.39 is 12.8 Å². The second-order valence-corrected chi connectivity index (χ2v) is 3.56. The molecule has 0 saturated carbocycles. The number of aryl methyl sites for hydroxylation is 1. The minimum atomic E-state index is -0.866. The Morgan fingerprint density at radius 1 is 1.83 bits per heavy atom. The van der Waals surface area contributed by atoms with Crippen LogP contribution in [0, 0.1) is 0 Å². The SMILES string of the molecule is Cn1cc(SCC(O)CF)cn1. The number of aliphatic hydroxyl groups excluding tert-OH is 1. The zero-order valence-electron chi connectivity index (χ0n) is 6.77. The molecule has 0 aliphatic carbocycles. The molecule has 3 nitrogen and oxygen atoms in total. The van der Waals surface area contributed by atoms with Crippen LogP contribution in [-0.2, 0) is 7.05 Å². The Labute approximate surface area is 74.6 Å². The lowest BCUT2D eigenvalue weighted by molar-refractivity contribution is 0.162. The summed E-state index contributed by atoms with van der Waals surface area (Å²) in [5.41, 5.74) is 0. The van der Waals surface area contributed by atoms with Gasteiger partial charge < -0.3 is 5.11 Å². The molecular formula is C7H11FN2OS. The van der Waals surface area contributed by atoms with Gasteiger partial charge in [0.15, 0.2) is 0 Å². The fourth-order valence-electron chi connectivity index (χ4n) is 0.710. The Bertz CT molecular complexity index is 241. The van der Waals surface area contributed by atoms with Gasteiger partial charge in [0, 0.05) is 23.9 Å². The van der Waals surface area contributed by atoms with Crippen molar-refractivity contribution in [2.24, 2.45) is 7.05 Å². The number of aliphatic hydroxyl groups is 1. The average Bonchev–Trinajstić information content (AvgIpc) is 2.47. The van der Waals surface area contributed by atoms with E-state index in [1.807, 2.05) is 13.2 Å². The average molecular weight is 190 g/mol. The van der Waals surface area contributed by atoms with E-state index >= 15 is 0 Å². The minimum Gasteiger partial charge on any atom is -0.390 e. The number of halogens is 1. The van der Waals surface area contributed by atoms with E-state index in [2.05, 4.69) is 5.10 Å². The normalized spacial score (nSPS) is 13.2. The number of alkyl halides is 1. The first-order valence-corrected chi connectivity index (χ1v) is 4.56. The highest BCUT2D eigenvalue weighted by Crippen LogP contribution is 2.17. The summed E-state index contributed by atoms with van der Waals surface area (Å²) >= 11 is 1.40. The number of hydrogen-bond acceptors (Lipinski definition) is 3. The number of aromatic nitrogens is 2. The van der Waals surface area contributed by atoms with Gasteiger partial charge in [0.25, 0.3) is 0 Å². The molecule has 0 bridgehead atoms. The predicted molar refractivity (Wildman–Crippen MR) is 45.9 cm³/mol. The Hall–Kier alpha value is -0.550. The van der Waals surface area contributed by atoms with Crippen molar-refractivity contribution >= 4 is 11.8 Å². The fraction of sp³-hybridized carbons (Fsp3) is 0.571. The quantitative estimate of drug-likeness (QED) is 0.715. The first-order chi connectivity index (χ1) is 5.72. The van der Waals surface area contributed by atoms with Crippen molar-refractivity contribution in [3.63, 3.8) is 0 Å². The molecule has 1 rings (SSSR count). The van der Waals surface area contributed by atoms with Gasteiger partial charge in [-0.05, 0) is 0 Å². The van der Waals surface area contributed by atoms with Gasteiger partial charge in [-0.2, -0.15) is 5.10 Å². The lowest BCUT2D eigenvalue weighted by atomic mass is 10.5. The van der Waals surface area contributed by atoms with E-state index in [-0.39, 0.29) is 0 Å². The summed E-state index contributed by atoms with van der Waals surface area (Å²) in [6.45, 7) is -0.687. The summed E-state index contributed by atoms with van der Waals surface area (Å²) in [6, 6.07) is 0. The molecule has 0 amide bonds. The Kier molecular flexibility index (Phi) is 3.55. The Morgan fingerprint density at radius 3 is 3.08 bits per heavy atom. The maximum absolute atomic E-state index is 11.8. The number of thioether (sulfide) groups is 1. The van der Waals surface area contributed by atoms with Crippen molar-refractivity contribution in [2.45, 2.75) is 11.0 Å². The molecule has 0 saturated heterocycles. The van der Waals surface area contributed by atoms with E-state index in [0.29, 0.717) is 5.75 Å². The zero-order chi connectivity index (χ0) is 8.97. The monoisotopic (exact) mass is 190 g/mol. The fourth-order valence-corrected chi connectivity index (χ4v) is 1.53. The molecule has 12 heavy (non-hydrogen) atoms. The van der Waals surface area contributed by atoms with Crippen LogP contribution in [0.4, 0.5) is 4.39 Å². The predicted octanol–water partition coefficient (Wildman–Crippen LogP) is 0.843. The van der Waals surface area contributed by atoms with E-state index in [1.54, 1.807) is 10.9 Å². The molecule has 5 heteroatoms. The molecule has 1 unspecified atom stereocenters. The summed E-state index contributed by atoms with van der Waals surface area (Å²) in [7, 11) is 1.82. The molecule has 0 fully saturated rings. The second kappa shape index (κ2) is 4.47. The zero-order valence-corrected chi connectivity index (χ0v) is 7.59. The van der Waals surface area contributed by atoms with Gasteiger partial charge in [-0.1, -0.05) is 0 Å². The summed E-state index contributed by atoms with van der Waals surface area (Å²) in [4.78, 5) is 0.949. The van der Waals surface area contributed by atoms with Crippen molar-refractivity contribution in [2.75, 3.05) is 12.4 Å². The smallest absolute Gasteiger partial charge is 0.116 e. The summed E-state index contributed by atoms with van der Waals surface area (Å²) in [5.74, 6) is 0.377. The molecule has 0 aromatic carbocycles. The maximum atomic E-state index is 11.8. The van der Waals surface area contributed by atoms with E-state index in [4.69, 9.17) is 5.11 Å². The van der Waals surface area contributed by atoms with E-state index in [9.17, 15) is 4.39 Å². The van der Waals surface area contributed by atoms with Gasteiger partial charge in [0.1, 0.15) is 6.67 Å². The van der Waals surface area contributed by atoms with Crippen LogP contribution in [0.2, 0.25) is 0 Å². The molecule has 1 aromatic heterocycles. The van der Waals surface area contributed by atoms with E-state index in [0.717, 1.165) is 4.90 Å². The lowest BCUT2D eigenvalue weighted by Gasteiger charge is -2.02. The van der Waals surface area contributed by atoms with Crippen LogP contribution in [-0.4, -0.2) is 33.4 Å². The third kappa shape index (κ3) is 2.83. The number of hydrogen-bond donors (Lipinski definition) is 1. The highest BCUT2D eigenvalue weighted by Gasteiger charge is 2.04. The largest absolute Gasteiger partial charge is 0.390 e. The van der Waals surface area contributed by atoms with Gasteiger partial charge in [-0.25, -0.2) is 4.39 Å². The van der Waals surface area contributed by atoms with Crippen molar-refractivity contribution in [1.82, 2.24) is 9.78 Å². The highest BCUT2D eigenvalue weighted by molar-refractivity contribution is 7.99. The summed E-state index contributed by atoms with van der Waals surface area (Å²) in [6.07, 6.45) is 2.65. The third-order valence-electron chi connectivity index (χ3n) is 1.30. The van der Waals surface area contributed by atoms with Crippen LogP contribution in [0.5, 0.6) is 0 Å². The van der Waals surface area contributed by atoms with Crippen LogP contribution >= 0.6 is 11.8 Å². The molecule has 0 radical (unpaired) electrons. The molecule has 68 valence electrons. The highest BCUT2D eigenvalue weighted by atomic mass is 32.2. The van der Waals surface area contributed by atoms with Crippen LogP contribution in [0.25, 0.3) is 0 Å². The van der Waals surface area contributed by atoms with Crippen LogP contribution in [0.1, 0.15) is 0 Å². The first-order valence-electron chi connectivity index (χ1n) is 3.58. The standard InChI is InChI=1S/C7H11FN2OS/c1-10-4-7(3-9-10)12-5-6(11)2-8/h3-4,6,11H,2,5H2,1H3. The molecule has 1 heterocycles. The number of rotatable bonds is 4. The summed E-state index contributed by atoms with van der Waals surface area (Å²) < 4.78 is 13.5. The molecule has 1 N–H and O–H groups in total. The maximum Gasteiger partial charge on any atom is 0.116 e. The van der Waals surface area contributed by atoms with Gasteiger partial charge in [0.05, 0.1) is 12.3 Å². The first kappa shape index (κ1) is 9.54. The Morgan fingerprint density at radius 2 is 2.58 bits per heavy atom. The molecule has 0 aliphatic rings. The van der Waals surface area contributed by atoms with Crippen LogP contribution < -0.4 is 0 Å². The van der Waals surface area contributed by atoms with Crippen LogP contribution in [0.3, 0.4) is 0 Å². The van der Waals surface area contributed by atoms with Gasteiger partial charge in [-0.3, -0.25) is 4.68 Å². The molecule has 1 atom stereocenters. The minimum absolute atomic E-state index is 0.377. The Balaban J connectivity index is 2.33. The van der Waals surface area contributed by atoms with Gasteiger partial charge >= 0.3 is 0 Å². The van der Waals surface area contributed by atoms with Gasteiger partial charge in [0.2, 0.25) is 0 Å².